The molecule has 0 heterocycles. The van der Waals surface area contributed by atoms with Gasteiger partial charge in [-0.25, -0.2) is 0 Å². The highest BCUT2D eigenvalue weighted by Crippen LogP contribution is 2.17. The molecule has 0 atom stereocenters. The van der Waals surface area contributed by atoms with E-state index in [9.17, 15) is 4.79 Å². The van der Waals surface area contributed by atoms with Crippen molar-refractivity contribution in [2.75, 3.05) is 0 Å². The Labute approximate surface area is 97.6 Å². The Bertz CT molecular complexity index is 362. The van der Waals surface area contributed by atoms with E-state index in [1.54, 1.807) is 0 Å². The van der Waals surface area contributed by atoms with E-state index in [-0.39, 0.29) is 11.4 Å². The van der Waals surface area contributed by atoms with E-state index in [1.165, 1.54) is 6.08 Å². The summed E-state index contributed by atoms with van der Waals surface area (Å²) in [5.41, 5.74) is 0.939. The largest absolute Gasteiger partial charge is 0.330 e. The molecule has 2 heteroatoms. The van der Waals surface area contributed by atoms with Crippen molar-refractivity contribution in [3.63, 3.8) is 0 Å². The maximum atomic E-state index is 11.8. The molecule has 0 saturated heterocycles. The quantitative estimate of drug-likeness (QED) is 0.713. The van der Waals surface area contributed by atoms with Gasteiger partial charge in [0.15, 0.2) is 0 Å². The van der Waals surface area contributed by atoms with Crippen molar-refractivity contribution in [2.45, 2.75) is 32.9 Å². The maximum absolute atomic E-state index is 11.8. The summed E-state index contributed by atoms with van der Waals surface area (Å²) in [5.74, 6) is -0.0312. The van der Waals surface area contributed by atoms with Crippen LogP contribution in [0.25, 0.3) is 0 Å². The maximum Gasteiger partial charge on any atom is 0.246 e. The lowest BCUT2D eigenvalue weighted by Gasteiger charge is -2.35. The third kappa shape index (κ3) is 3.23. The summed E-state index contributed by atoms with van der Waals surface area (Å²) in [5, 5.41) is 0. The van der Waals surface area contributed by atoms with Crippen molar-refractivity contribution in [2.24, 2.45) is 0 Å². The first-order valence-corrected chi connectivity index (χ1v) is 5.43. The van der Waals surface area contributed by atoms with Crippen LogP contribution in [0.2, 0.25) is 0 Å². The molecule has 0 unspecified atom stereocenters. The number of hydrogen-bond donors (Lipinski definition) is 0. The normalized spacial score (nSPS) is 10.9. The molecule has 0 aliphatic carbocycles. The Morgan fingerprint density at radius 1 is 1.31 bits per heavy atom. The fourth-order valence-electron chi connectivity index (χ4n) is 1.52. The molecule has 1 aromatic carbocycles. The first kappa shape index (κ1) is 12.5. The molecule has 0 N–H and O–H groups in total. The van der Waals surface area contributed by atoms with Crippen LogP contribution >= 0.6 is 0 Å². The van der Waals surface area contributed by atoms with Gasteiger partial charge < -0.3 is 4.90 Å². The summed E-state index contributed by atoms with van der Waals surface area (Å²) < 4.78 is 0. The monoisotopic (exact) mass is 217 g/mol. The molecule has 0 aromatic heterocycles. The number of nitrogens with zero attached hydrogens (tertiary/aromatic N) is 1. The van der Waals surface area contributed by atoms with E-state index in [0.717, 1.165) is 5.56 Å². The number of rotatable bonds is 3. The highest BCUT2D eigenvalue weighted by molar-refractivity contribution is 5.87. The van der Waals surface area contributed by atoms with Crippen LogP contribution in [-0.2, 0) is 11.3 Å². The molecule has 0 saturated carbocycles. The Hall–Kier alpha value is -1.57. The third-order valence-corrected chi connectivity index (χ3v) is 2.43. The van der Waals surface area contributed by atoms with Crippen LogP contribution in [0.4, 0.5) is 0 Å². The van der Waals surface area contributed by atoms with E-state index in [0.29, 0.717) is 6.54 Å². The molecule has 0 aliphatic heterocycles. The van der Waals surface area contributed by atoms with Crippen molar-refractivity contribution in [3.05, 3.63) is 48.6 Å². The van der Waals surface area contributed by atoms with Crippen LogP contribution < -0.4 is 0 Å². The molecule has 0 bridgehead atoms. The summed E-state index contributed by atoms with van der Waals surface area (Å²) in [4.78, 5) is 13.6. The molecular weight excluding hydrogens is 198 g/mol. The van der Waals surface area contributed by atoms with Crippen molar-refractivity contribution < 1.29 is 4.79 Å². The zero-order chi connectivity index (χ0) is 12.2. The predicted molar refractivity (Wildman–Crippen MR) is 66.9 cm³/mol. The Morgan fingerprint density at radius 3 is 2.31 bits per heavy atom. The van der Waals surface area contributed by atoms with Crippen LogP contribution in [0.3, 0.4) is 0 Å². The SMILES string of the molecule is C=CC(=O)N(Cc1ccccc1)C(C)(C)C. The third-order valence-electron chi connectivity index (χ3n) is 2.43. The molecule has 0 fully saturated rings. The molecule has 0 radical (unpaired) electrons. The minimum absolute atomic E-state index is 0.0312. The topological polar surface area (TPSA) is 20.3 Å². The summed E-state index contributed by atoms with van der Waals surface area (Å²) >= 11 is 0. The van der Waals surface area contributed by atoms with Crippen molar-refractivity contribution >= 4 is 5.91 Å². The second-order valence-electron chi connectivity index (χ2n) is 4.78. The molecule has 2 nitrogen and oxygen atoms in total. The number of hydrogen-bond acceptors (Lipinski definition) is 1. The predicted octanol–water partition coefficient (Wildman–Crippen LogP) is 3.00. The van der Waals surface area contributed by atoms with Gasteiger partial charge in [0.05, 0.1) is 0 Å². The van der Waals surface area contributed by atoms with Gasteiger partial charge in [0.2, 0.25) is 5.91 Å². The fourth-order valence-corrected chi connectivity index (χ4v) is 1.52. The van der Waals surface area contributed by atoms with Crippen LogP contribution in [0.1, 0.15) is 26.3 Å². The molecule has 16 heavy (non-hydrogen) atoms. The van der Waals surface area contributed by atoms with E-state index in [4.69, 9.17) is 0 Å². The molecule has 0 aliphatic rings. The molecule has 1 rings (SSSR count). The van der Waals surface area contributed by atoms with Crippen LogP contribution in [0.5, 0.6) is 0 Å². The van der Waals surface area contributed by atoms with Gasteiger partial charge in [-0.2, -0.15) is 0 Å². The van der Waals surface area contributed by atoms with Gasteiger partial charge in [-0.3, -0.25) is 4.79 Å². The van der Waals surface area contributed by atoms with E-state index >= 15 is 0 Å². The lowest BCUT2D eigenvalue weighted by Crippen LogP contribution is -2.44. The first-order valence-electron chi connectivity index (χ1n) is 5.43. The average molecular weight is 217 g/mol. The minimum Gasteiger partial charge on any atom is -0.330 e. The minimum atomic E-state index is -0.193. The lowest BCUT2D eigenvalue weighted by atomic mass is 10.0. The Kier molecular flexibility index (Phi) is 3.88. The molecule has 1 aromatic rings. The van der Waals surface area contributed by atoms with Gasteiger partial charge in [0.25, 0.3) is 0 Å². The number of benzene rings is 1. The van der Waals surface area contributed by atoms with Crippen LogP contribution in [-0.4, -0.2) is 16.3 Å². The van der Waals surface area contributed by atoms with Gasteiger partial charge in [-0.1, -0.05) is 36.9 Å². The zero-order valence-electron chi connectivity index (χ0n) is 10.2. The second kappa shape index (κ2) is 4.97. The number of carbonyl (C=O) groups excluding carboxylic acids is 1. The number of amides is 1. The second-order valence-corrected chi connectivity index (χ2v) is 4.78. The average Bonchev–Trinajstić information content (AvgIpc) is 2.25. The molecule has 86 valence electrons. The van der Waals surface area contributed by atoms with E-state index < -0.39 is 0 Å². The van der Waals surface area contributed by atoms with Crippen LogP contribution in [0.15, 0.2) is 43.0 Å². The molecule has 0 spiro atoms. The van der Waals surface area contributed by atoms with Crippen molar-refractivity contribution in [3.8, 4) is 0 Å². The van der Waals surface area contributed by atoms with Gasteiger partial charge in [-0.05, 0) is 32.4 Å². The highest BCUT2D eigenvalue weighted by atomic mass is 16.2. The van der Waals surface area contributed by atoms with E-state index in [2.05, 4.69) is 6.58 Å². The zero-order valence-corrected chi connectivity index (χ0v) is 10.2. The molecule has 1 amide bonds. The van der Waals surface area contributed by atoms with Gasteiger partial charge in [-0.15, -0.1) is 0 Å². The van der Waals surface area contributed by atoms with E-state index in [1.807, 2.05) is 56.0 Å². The van der Waals surface area contributed by atoms with Crippen molar-refractivity contribution in [1.29, 1.82) is 0 Å². The van der Waals surface area contributed by atoms with Gasteiger partial charge in [0.1, 0.15) is 0 Å². The summed E-state index contributed by atoms with van der Waals surface area (Å²) in [6.07, 6.45) is 1.37. The summed E-state index contributed by atoms with van der Waals surface area (Å²) in [6.45, 7) is 10.2. The Balaban J connectivity index is 2.88. The van der Waals surface area contributed by atoms with Crippen LogP contribution in [0, 0.1) is 0 Å². The lowest BCUT2D eigenvalue weighted by molar-refractivity contribution is -0.131. The summed E-state index contributed by atoms with van der Waals surface area (Å²) in [7, 11) is 0. The summed E-state index contributed by atoms with van der Waals surface area (Å²) in [6, 6.07) is 9.98. The Morgan fingerprint density at radius 2 is 1.88 bits per heavy atom. The van der Waals surface area contributed by atoms with Crippen molar-refractivity contribution in [1.82, 2.24) is 4.90 Å². The fraction of sp³-hybridized carbons (Fsp3) is 0.357. The first-order chi connectivity index (χ1) is 7.45. The standard InChI is InChI=1S/C14H19NO/c1-5-13(16)15(14(2,3)4)11-12-9-7-6-8-10-12/h5-10H,1,11H2,2-4H3. The smallest absolute Gasteiger partial charge is 0.246 e. The molecular formula is C14H19NO. The highest BCUT2D eigenvalue weighted by Gasteiger charge is 2.24. The van der Waals surface area contributed by atoms with Gasteiger partial charge in [0, 0.05) is 12.1 Å². The number of carbonyl (C=O) groups is 1. The van der Waals surface area contributed by atoms with Gasteiger partial charge >= 0.3 is 0 Å².